The minimum absolute atomic E-state index is 0.00384. The predicted molar refractivity (Wildman–Crippen MR) is 113 cm³/mol. The molecule has 1 aliphatic carbocycles. The van der Waals surface area contributed by atoms with Gasteiger partial charge in [-0.3, -0.25) is 9.69 Å². The normalized spacial score (nSPS) is 28.2. The highest BCUT2D eigenvalue weighted by molar-refractivity contribution is 5.93. The van der Waals surface area contributed by atoms with Gasteiger partial charge in [0.2, 0.25) is 5.91 Å². The van der Waals surface area contributed by atoms with Gasteiger partial charge in [-0.1, -0.05) is 12.1 Å². The van der Waals surface area contributed by atoms with Gasteiger partial charge in [0, 0.05) is 50.1 Å². The molecule has 6 nitrogen and oxygen atoms in total. The lowest BCUT2D eigenvalue weighted by molar-refractivity contribution is -0.116. The van der Waals surface area contributed by atoms with E-state index in [-0.39, 0.29) is 23.7 Å². The molecular weight excluding hydrogens is 418 g/mol. The van der Waals surface area contributed by atoms with Gasteiger partial charge in [0.15, 0.2) is 11.6 Å². The molecule has 1 saturated heterocycles. The lowest BCUT2D eigenvalue weighted by atomic mass is 9.95. The fourth-order valence-corrected chi connectivity index (χ4v) is 5.32. The summed E-state index contributed by atoms with van der Waals surface area (Å²) < 4.78 is 32.7. The summed E-state index contributed by atoms with van der Waals surface area (Å²) in [5.41, 5.74) is 1.65. The maximum atomic E-state index is 13.9. The quantitative estimate of drug-likeness (QED) is 0.661. The van der Waals surface area contributed by atoms with E-state index >= 15 is 0 Å². The van der Waals surface area contributed by atoms with Crippen LogP contribution in [0.15, 0.2) is 36.4 Å². The van der Waals surface area contributed by atoms with E-state index in [1.165, 1.54) is 6.07 Å². The molecular formula is C24H26F2N2O4. The number of β-amino-alcohol motifs (C(OH)–C–C–N with tert-alkyl or cyclic N) is 2. The number of rotatable bonds is 5. The first-order valence-electron chi connectivity index (χ1n) is 11.0. The fraction of sp³-hybridized carbons (Fsp3) is 0.458. The average Bonchev–Trinajstić information content (AvgIpc) is 3.19. The van der Waals surface area contributed by atoms with Crippen molar-refractivity contribution in [2.75, 3.05) is 25.0 Å². The van der Waals surface area contributed by atoms with E-state index in [1.54, 1.807) is 0 Å². The van der Waals surface area contributed by atoms with Crippen LogP contribution in [-0.2, 0) is 11.2 Å². The Morgan fingerprint density at radius 1 is 1.22 bits per heavy atom. The molecule has 2 aromatic rings. The zero-order valence-electron chi connectivity index (χ0n) is 17.6. The van der Waals surface area contributed by atoms with Crippen molar-refractivity contribution in [1.29, 1.82) is 0 Å². The Morgan fingerprint density at radius 2 is 2.06 bits per heavy atom. The summed E-state index contributed by atoms with van der Waals surface area (Å²) in [4.78, 5) is 13.6. The number of nitrogens with zero attached hydrogens (tertiary/aromatic N) is 1. The van der Waals surface area contributed by atoms with Crippen LogP contribution >= 0.6 is 0 Å². The van der Waals surface area contributed by atoms with Gasteiger partial charge in [-0.15, -0.1) is 0 Å². The van der Waals surface area contributed by atoms with Crippen LogP contribution < -0.4 is 10.1 Å². The third-order valence-corrected chi connectivity index (χ3v) is 6.89. The third kappa shape index (κ3) is 4.10. The van der Waals surface area contributed by atoms with Crippen LogP contribution in [0.1, 0.15) is 36.5 Å². The largest absolute Gasteiger partial charge is 0.487 e. The van der Waals surface area contributed by atoms with Crippen molar-refractivity contribution in [3.8, 4) is 5.75 Å². The van der Waals surface area contributed by atoms with E-state index in [9.17, 15) is 23.8 Å². The number of carbonyl (C=O) groups excluding carboxylic acids is 1. The number of halogens is 2. The van der Waals surface area contributed by atoms with Crippen molar-refractivity contribution in [1.82, 2.24) is 4.90 Å². The number of ether oxygens (including phenoxy) is 1. The van der Waals surface area contributed by atoms with Gasteiger partial charge in [0.1, 0.15) is 11.9 Å². The first-order chi connectivity index (χ1) is 15.3. The van der Waals surface area contributed by atoms with Crippen molar-refractivity contribution >= 4 is 11.6 Å². The zero-order chi connectivity index (χ0) is 22.5. The standard InChI is InChI=1S/C24H26F2N2O4/c25-17-3-5-22(19(26)9-17)32-18-8-16-11-28(13-24(16,31)10-18)12-21(29)15-1-4-20-14(7-15)2-6-23(30)27-20/h1,3-5,7,9,16,18,21,29,31H,2,6,8,10-13H2,(H,27,30)/t16-,18+,21?,24-/m1/s1. The number of hydrogen-bond acceptors (Lipinski definition) is 5. The van der Waals surface area contributed by atoms with E-state index in [2.05, 4.69) is 5.32 Å². The molecule has 5 rings (SSSR count). The topological polar surface area (TPSA) is 82.0 Å². The second kappa shape index (κ2) is 8.10. The van der Waals surface area contributed by atoms with Crippen molar-refractivity contribution in [2.45, 2.75) is 43.5 Å². The first-order valence-corrected chi connectivity index (χ1v) is 11.0. The fourth-order valence-electron chi connectivity index (χ4n) is 5.32. The minimum Gasteiger partial charge on any atom is -0.487 e. The Labute approximate surface area is 184 Å². The Morgan fingerprint density at radius 3 is 2.84 bits per heavy atom. The van der Waals surface area contributed by atoms with E-state index in [1.807, 2.05) is 23.1 Å². The van der Waals surface area contributed by atoms with Crippen molar-refractivity contribution in [2.24, 2.45) is 5.92 Å². The molecule has 4 atom stereocenters. The minimum atomic E-state index is -0.957. The summed E-state index contributed by atoms with van der Waals surface area (Å²) in [6.45, 7) is 1.41. The molecule has 2 aliphatic heterocycles. The van der Waals surface area contributed by atoms with E-state index in [4.69, 9.17) is 4.74 Å². The Balaban J connectivity index is 1.19. The highest BCUT2D eigenvalue weighted by atomic mass is 19.1. The predicted octanol–water partition coefficient (Wildman–Crippen LogP) is 2.79. The maximum absolute atomic E-state index is 13.9. The molecule has 8 heteroatoms. The number of nitrogens with one attached hydrogen (secondary N) is 1. The smallest absolute Gasteiger partial charge is 0.224 e. The van der Waals surface area contributed by atoms with Crippen molar-refractivity contribution < 1.29 is 28.5 Å². The van der Waals surface area contributed by atoms with Crippen LogP contribution in [0.2, 0.25) is 0 Å². The number of benzene rings is 2. The number of aryl methyl sites for hydroxylation is 1. The molecule has 2 heterocycles. The first kappa shape index (κ1) is 21.3. The van der Waals surface area contributed by atoms with Gasteiger partial charge in [-0.05, 0) is 42.2 Å². The Hall–Kier alpha value is -2.55. The summed E-state index contributed by atoms with van der Waals surface area (Å²) in [7, 11) is 0. The van der Waals surface area contributed by atoms with E-state index in [0.29, 0.717) is 45.3 Å². The Bertz CT molecular complexity index is 1050. The number of hydrogen-bond donors (Lipinski definition) is 3. The lowest BCUT2D eigenvalue weighted by Gasteiger charge is -2.25. The van der Waals surface area contributed by atoms with Crippen LogP contribution in [0.5, 0.6) is 5.75 Å². The van der Waals surface area contributed by atoms with Crippen molar-refractivity contribution in [3.05, 3.63) is 59.2 Å². The molecule has 1 saturated carbocycles. The number of carbonyl (C=O) groups is 1. The van der Waals surface area contributed by atoms with Crippen LogP contribution in [0, 0.1) is 17.6 Å². The molecule has 0 radical (unpaired) electrons. The molecule has 1 amide bonds. The molecule has 170 valence electrons. The average molecular weight is 444 g/mol. The van der Waals surface area contributed by atoms with Crippen LogP contribution in [0.25, 0.3) is 0 Å². The molecule has 1 unspecified atom stereocenters. The summed E-state index contributed by atoms with van der Waals surface area (Å²) in [6, 6.07) is 8.80. The maximum Gasteiger partial charge on any atom is 0.224 e. The van der Waals surface area contributed by atoms with Crippen molar-refractivity contribution in [3.63, 3.8) is 0 Å². The summed E-state index contributed by atoms with van der Waals surface area (Å²) in [6.07, 6.45) is 0.980. The molecule has 3 N–H and O–H groups in total. The second-order valence-electron chi connectivity index (χ2n) is 9.23. The molecule has 3 aliphatic rings. The van der Waals surface area contributed by atoms with Gasteiger partial charge in [0.25, 0.3) is 0 Å². The molecule has 2 aromatic carbocycles. The number of anilines is 1. The second-order valence-corrected chi connectivity index (χ2v) is 9.23. The number of amides is 1. The van der Waals surface area contributed by atoms with Gasteiger partial charge < -0.3 is 20.3 Å². The molecule has 32 heavy (non-hydrogen) atoms. The highest BCUT2D eigenvalue weighted by Crippen LogP contribution is 2.43. The SMILES string of the molecule is O=C1CCc2cc(C(O)CN3C[C@H]4C[C@H](Oc5ccc(F)cc5F)C[C@@]4(O)C3)ccc2N1. The van der Waals surface area contributed by atoms with E-state index < -0.39 is 23.3 Å². The number of aliphatic hydroxyl groups excluding tert-OH is 1. The summed E-state index contributed by atoms with van der Waals surface area (Å²) >= 11 is 0. The van der Waals surface area contributed by atoms with Gasteiger partial charge in [-0.2, -0.15) is 0 Å². The van der Waals surface area contributed by atoms with Crippen LogP contribution in [0.3, 0.4) is 0 Å². The number of fused-ring (bicyclic) bond motifs is 2. The van der Waals surface area contributed by atoms with Gasteiger partial charge in [-0.25, -0.2) is 8.78 Å². The molecule has 0 spiro atoms. The van der Waals surface area contributed by atoms with Gasteiger partial charge in [0.05, 0.1) is 11.7 Å². The highest BCUT2D eigenvalue weighted by Gasteiger charge is 2.53. The molecule has 0 bridgehead atoms. The number of likely N-dealkylation sites (tertiary alicyclic amines) is 1. The van der Waals surface area contributed by atoms with Crippen LogP contribution in [0.4, 0.5) is 14.5 Å². The zero-order valence-corrected chi connectivity index (χ0v) is 17.6. The Kier molecular flexibility index (Phi) is 5.39. The monoisotopic (exact) mass is 444 g/mol. The third-order valence-electron chi connectivity index (χ3n) is 6.89. The van der Waals surface area contributed by atoms with Crippen LogP contribution in [-0.4, -0.2) is 52.4 Å². The lowest BCUT2D eigenvalue weighted by Crippen LogP contribution is -2.36. The molecule has 0 aromatic heterocycles. The number of aliphatic hydroxyl groups is 2. The summed E-state index contributed by atoms with van der Waals surface area (Å²) in [5, 5.41) is 24.7. The van der Waals surface area contributed by atoms with E-state index in [0.717, 1.165) is 28.9 Å². The summed E-state index contributed by atoms with van der Waals surface area (Å²) in [5.74, 6) is -1.44. The van der Waals surface area contributed by atoms with Gasteiger partial charge >= 0.3 is 0 Å². The molecule has 2 fully saturated rings.